The summed E-state index contributed by atoms with van der Waals surface area (Å²) in [6.45, 7) is 0. The summed E-state index contributed by atoms with van der Waals surface area (Å²) in [5.74, 6) is -1.31. The number of aliphatic hydroxyl groups excluding tert-OH is 1. The van der Waals surface area contributed by atoms with Crippen LogP contribution in [-0.2, 0) is 4.79 Å². The lowest BCUT2D eigenvalue weighted by Gasteiger charge is -2.29. The molecule has 2 aliphatic carbocycles. The molecule has 5 rings (SSSR count). The molecule has 3 aromatic rings. The van der Waals surface area contributed by atoms with E-state index in [0.717, 1.165) is 12.8 Å². The van der Waals surface area contributed by atoms with E-state index >= 15 is 0 Å². The molecule has 11 heteroatoms. The van der Waals surface area contributed by atoms with Crippen LogP contribution in [0.1, 0.15) is 51.0 Å². The van der Waals surface area contributed by atoms with Gasteiger partial charge in [0.1, 0.15) is 22.8 Å². The number of carbonyl (C=O) groups is 1. The number of para-hydroxylation sites is 1. The third-order valence-electron chi connectivity index (χ3n) is 6.83. The van der Waals surface area contributed by atoms with Crippen LogP contribution in [0.2, 0.25) is 0 Å². The van der Waals surface area contributed by atoms with E-state index in [2.05, 4.69) is 25.6 Å². The van der Waals surface area contributed by atoms with E-state index in [1.807, 2.05) is 4.57 Å². The highest BCUT2D eigenvalue weighted by molar-refractivity contribution is 5.78. The van der Waals surface area contributed by atoms with E-state index in [4.69, 9.17) is 5.73 Å². The zero-order chi connectivity index (χ0) is 23.8. The number of aromatic nitrogens is 4. The van der Waals surface area contributed by atoms with Crippen molar-refractivity contribution in [1.82, 2.24) is 19.5 Å². The van der Waals surface area contributed by atoms with Crippen molar-refractivity contribution in [2.75, 3.05) is 10.6 Å². The van der Waals surface area contributed by atoms with Gasteiger partial charge >= 0.3 is 0 Å². The second-order valence-corrected chi connectivity index (χ2v) is 9.15. The van der Waals surface area contributed by atoms with E-state index < -0.39 is 11.6 Å². The van der Waals surface area contributed by atoms with Crippen LogP contribution in [0.15, 0.2) is 24.4 Å². The summed E-state index contributed by atoms with van der Waals surface area (Å²) in [5, 5.41) is 15.9. The molecule has 0 radical (unpaired) electrons. The van der Waals surface area contributed by atoms with Crippen molar-refractivity contribution in [2.24, 2.45) is 11.7 Å². The number of hydrogen-bond donors (Lipinski definition) is 4. The number of benzene rings is 1. The number of fused-ring (bicyclic) bond motifs is 1. The number of carbonyl (C=O) groups excluding carboxylic acids is 1. The first-order valence-electron chi connectivity index (χ1n) is 11.6. The largest absolute Gasteiger partial charge is 0.393 e. The summed E-state index contributed by atoms with van der Waals surface area (Å²) in [4.78, 5) is 25.2. The SMILES string of the molecule is NC(=O)[C@H]1CC[C@H](n2c(Nc3c(F)cccc3F)nc3cnc(N[C@H]4CC[C@H](O)C4)nc32)CC1. The minimum absolute atomic E-state index is 0.0694. The Labute approximate surface area is 194 Å². The fourth-order valence-corrected chi connectivity index (χ4v) is 5.01. The fraction of sp³-hybridized carbons (Fsp3) is 0.478. The number of rotatable bonds is 6. The van der Waals surface area contributed by atoms with E-state index in [1.165, 1.54) is 18.2 Å². The number of imidazole rings is 1. The Morgan fingerprint density at radius 3 is 2.47 bits per heavy atom. The quantitative estimate of drug-likeness (QED) is 0.433. The first-order valence-corrected chi connectivity index (χ1v) is 11.6. The summed E-state index contributed by atoms with van der Waals surface area (Å²) in [7, 11) is 0. The van der Waals surface area contributed by atoms with Crippen LogP contribution in [0.4, 0.5) is 26.4 Å². The Balaban J connectivity index is 1.52. The number of hydrogen-bond acceptors (Lipinski definition) is 7. The molecule has 5 N–H and O–H groups in total. The second-order valence-electron chi connectivity index (χ2n) is 9.15. The summed E-state index contributed by atoms with van der Waals surface area (Å²) in [6.07, 6.45) is 5.93. The lowest BCUT2D eigenvalue weighted by atomic mass is 9.85. The van der Waals surface area contributed by atoms with E-state index in [9.17, 15) is 18.7 Å². The molecule has 0 spiro atoms. The maximum absolute atomic E-state index is 14.4. The monoisotopic (exact) mass is 471 g/mol. The highest BCUT2D eigenvalue weighted by atomic mass is 19.1. The normalized spacial score (nSPS) is 24.9. The lowest BCUT2D eigenvalue weighted by molar-refractivity contribution is -0.122. The van der Waals surface area contributed by atoms with Crippen LogP contribution in [0, 0.1) is 17.6 Å². The maximum atomic E-state index is 14.4. The van der Waals surface area contributed by atoms with Gasteiger partial charge in [-0.2, -0.15) is 4.98 Å². The molecule has 1 amide bonds. The van der Waals surface area contributed by atoms with Gasteiger partial charge in [-0.1, -0.05) is 6.07 Å². The molecular formula is C23H27F2N7O2. The minimum Gasteiger partial charge on any atom is -0.393 e. The molecule has 2 aromatic heterocycles. The van der Waals surface area contributed by atoms with Crippen LogP contribution in [0.5, 0.6) is 0 Å². The molecule has 9 nitrogen and oxygen atoms in total. The van der Waals surface area contributed by atoms with Gasteiger partial charge in [-0.05, 0) is 57.1 Å². The molecule has 2 atom stereocenters. The average Bonchev–Trinajstić information content (AvgIpc) is 3.38. The van der Waals surface area contributed by atoms with Crippen LogP contribution >= 0.6 is 0 Å². The van der Waals surface area contributed by atoms with Gasteiger partial charge in [-0.25, -0.2) is 18.7 Å². The first-order chi connectivity index (χ1) is 16.4. The second kappa shape index (κ2) is 9.13. The molecule has 180 valence electrons. The Bertz CT molecular complexity index is 1190. The fourth-order valence-electron chi connectivity index (χ4n) is 5.01. The lowest BCUT2D eigenvalue weighted by Crippen LogP contribution is -2.29. The summed E-state index contributed by atoms with van der Waals surface area (Å²) in [6, 6.07) is 3.63. The third-order valence-corrected chi connectivity index (χ3v) is 6.83. The number of aliphatic hydroxyl groups is 1. The predicted molar refractivity (Wildman–Crippen MR) is 122 cm³/mol. The Kier molecular flexibility index (Phi) is 6.03. The molecule has 0 bridgehead atoms. The number of nitrogens with one attached hydrogen (secondary N) is 2. The number of nitrogens with zero attached hydrogens (tertiary/aromatic N) is 4. The van der Waals surface area contributed by atoms with Crippen molar-refractivity contribution in [3.63, 3.8) is 0 Å². The molecule has 34 heavy (non-hydrogen) atoms. The van der Waals surface area contributed by atoms with Gasteiger partial charge in [0.05, 0.1) is 12.3 Å². The van der Waals surface area contributed by atoms with Gasteiger partial charge in [0, 0.05) is 18.0 Å². The van der Waals surface area contributed by atoms with Crippen molar-refractivity contribution < 1.29 is 18.7 Å². The molecule has 0 unspecified atom stereocenters. The number of nitrogens with two attached hydrogens (primary N) is 1. The Morgan fingerprint density at radius 2 is 1.82 bits per heavy atom. The van der Waals surface area contributed by atoms with Crippen LogP contribution in [0.3, 0.4) is 0 Å². The third kappa shape index (κ3) is 4.39. The first kappa shape index (κ1) is 22.5. The number of halogens is 2. The van der Waals surface area contributed by atoms with Crippen molar-refractivity contribution >= 4 is 34.7 Å². The molecule has 2 heterocycles. The summed E-state index contributed by atoms with van der Waals surface area (Å²) < 4.78 is 30.6. The topological polar surface area (TPSA) is 131 Å². The molecule has 2 aliphatic rings. The van der Waals surface area contributed by atoms with E-state index in [0.29, 0.717) is 49.2 Å². The van der Waals surface area contributed by atoms with Gasteiger partial charge in [-0.3, -0.25) is 9.36 Å². The number of primary amides is 1. The van der Waals surface area contributed by atoms with Crippen LogP contribution < -0.4 is 16.4 Å². The summed E-state index contributed by atoms with van der Waals surface area (Å²) in [5.41, 5.74) is 6.20. The average molecular weight is 472 g/mol. The zero-order valence-corrected chi connectivity index (χ0v) is 18.5. The molecule has 2 fully saturated rings. The zero-order valence-electron chi connectivity index (χ0n) is 18.5. The molecule has 0 saturated heterocycles. The summed E-state index contributed by atoms with van der Waals surface area (Å²) >= 11 is 0. The maximum Gasteiger partial charge on any atom is 0.224 e. The van der Waals surface area contributed by atoms with Gasteiger partial charge < -0.3 is 21.5 Å². The van der Waals surface area contributed by atoms with Gasteiger partial charge in [0.15, 0.2) is 5.65 Å². The smallest absolute Gasteiger partial charge is 0.224 e. The molecule has 2 saturated carbocycles. The predicted octanol–water partition coefficient (Wildman–Crippen LogP) is 3.39. The van der Waals surface area contributed by atoms with E-state index in [1.54, 1.807) is 6.20 Å². The van der Waals surface area contributed by atoms with Crippen LogP contribution in [-0.4, -0.2) is 42.7 Å². The van der Waals surface area contributed by atoms with Crippen molar-refractivity contribution in [1.29, 1.82) is 0 Å². The van der Waals surface area contributed by atoms with Crippen molar-refractivity contribution in [3.05, 3.63) is 36.0 Å². The van der Waals surface area contributed by atoms with Crippen LogP contribution in [0.25, 0.3) is 11.2 Å². The Hall–Kier alpha value is -3.34. The number of amides is 1. The standard InChI is InChI=1S/C23H27F2N7O2/c24-16-2-1-3-17(25)19(16)30-23-29-18-11-27-22(28-13-6-9-15(33)10-13)31-21(18)32(23)14-7-4-12(5-8-14)20(26)34/h1-3,11-15,33H,4-10H2,(H2,26,34)(H,29,30)(H,27,28,31)/t12-,13-,14-,15-/m0/s1. The van der Waals surface area contributed by atoms with Crippen molar-refractivity contribution in [3.8, 4) is 0 Å². The molecular weight excluding hydrogens is 444 g/mol. The minimum atomic E-state index is -0.732. The molecule has 0 aliphatic heterocycles. The van der Waals surface area contributed by atoms with Gasteiger partial charge in [0.25, 0.3) is 0 Å². The van der Waals surface area contributed by atoms with Gasteiger partial charge in [-0.15, -0.1) is 0 Å². The Morgan fingerprint density at radius 1 is 1.09 bits per heavy atom. The van der Waals surface area contributed by atoms with Gasteiger partial charge in [0.2, 0.25) is 17.8 Å². The highest BCUT2D eigenvalue weighted by Crippen LogP contribution is 2.37. The number of anilines is 3. The van der Waals surface area contributed by atoms with E-state index in [-0.39, 0.29) is 41.6 Å². The van der Waals surface area contributed by atoms with Crippen molar-refractivity contribution in [2.45, 2.75) is 63.1 Å². The molecule has 1 aromatic carbocycles. The highest BCUT2D eigenvalue weighted by Gasteiger charge is 2.30.